The molecule has 2 aliphatic heterocycles. The summed E-state index contributed by atoms with van der Waals surface area (Å²) in [4.78, 5) is 25.0. The second-order valence-corrected chi connectivity index (χ2v) is 5.90. The van der Waals surface area contributed by atoms with E-state index < -0.39 is 0 Å². The minimum atomic E-state index is -0.243. The normalized spacial score (nSPS) is 22.0. The molecule has 4 heterocycles. The Bertz CT molecular complexity index is 717. The highest BCUT2D eigenvalue weighted by Crippen LogP contribution is 2.22. The predicted molar refractivity (Wildman–Crippen MR) is 81.9 cm³/mol. The number of amides is 1. The predicted octanol–water partition coefficient (Wildman–Crippen LogP) is -0.414. The van der Waals surface area contributed by atoms with Gasteiger partial charge in [-0.3, -0.25) is 4.79 Å². The third-order valence-corrected chi connectivity index (χ3v) is 4.47. The minimum Gasteiger partial charge on any atom is -0.368 e. The topological polar surface area (TPSA) is 89.3 Å². The minimum absolute atomic E-state index is 0.120. The van der Waals surface area contributed by atoms with E-state index in [-0.39, 0.29) is 12.0 Å². The number of hydrogen-bond donors (Lipinski definition) is 0. The molecule has 0 aromatic carbocycles. The van der Waals surface area contributed by atoms with E-state index in [4.69, 9.17) is 4.74 Å². The van der Waals surface area contributed by atoms with Gasteiger partial charge in [0, 0.05) is 39.8 Å². The Kier molecular flexibility index (Phi) is 3.56. The Morgan fingerprint density at radius 3 is 2.83 bits per heavy atom. The van der Waals surface area contributed by atoms with Gasteiger partial charge < -0.3 is 14.5 Å². The molecule has 2 aromatic heterocycles. The largest absolute Gasteiger partial charge is 0.368 e. The number of anilines is 1. The lowest BCUT2D eigenvalue weighted by atomic mass is 10.2. The fourth-order valence-corrected chi connectivity index (χ4v) is 3.19. The van der Waals surface area contributed by atoms with Crippen LogP contribution < -0.4 is 4.90 Å². The van der Waals surface area contributed by atoms with Crippen LogP contribution in [0.25, 0.3) is 11.2 Å². The molecule has 1 amide bonds. The summed E-state index contributed by atoms with van der Waals surface area (Å²) in [5.74, 6) is 0.904. The Labute approximate surface area is 133 Å². The van der Waals surface area contributed by atoms with Gasteiger partial charge >= 0.3 is 0 Å². The number of ether oxygens (including phenoxy) is 1. The van der Waals surface area contributed by atoms with E-state index in [0.29, 0.717) is 30.9 Å². The van der Waals surface area contributed by atoms with E-state index in [1.165, 1.54) is 6.33 Å². The monoisotopic (exact) mass is 317 g/mol. The highest BCUT2D eigenvalue weighted by molar-refractivity contribution is 5.83. The van der Waals surface area contributed by atoms with Gasteiger partial charge in [-0.1, -0.05) is 5.21 Å². The van der Waals surface area contributed by atoms with Gasteiger partial charge in [0.25, 0.3) is 5.91 Å². The molecule has 1 atom stereocenters. The number of aryl methyl sites for hydroxylation is 1. The van der Waals surface area contributed by atoms with Crippen molar-refractivity contribution < 1.29 is 9.53 Å². The summed E-state index contributed by atoms with van der Waals surface area (Å²) in [6, 6.07) is 0. The summed E-state index contributed by atoms with van der Waals surface area (Å²) < 4.78 is 7.13. The number of aromatic nitrogens is 5. The van der Waals surface area contributed by atoms with Crippen molar-refractivity contribution in [3.05, 3.63) is 6.33 Å². The van der Waals surface area contributed by atoms with Crippen LogP contribution in [0.5, 0.6) is 0 Å². The zero-order chi connectivity index (χ0) is 15.8. The lowest BCUT2D eigenvalue weighted by Gasteiger charge is -2.36. The summed E-state index contributed by atoms with van der Waals surface area (Å²) in [5.41, 5.74) is 1.42. The van der Waals surface area contributed by atoms with Crippen molar-refractivity contribution >= 4 is 22.9 Å². The molecule has 2 aliphatic rings. The molecule has 0 N–H and O–H groups in total. The van der Waals surface area contributed by atoms with Crippen molar-refractivity contribution in [2.24, 2.45) is 7.05 Å². The molecule has 2 aromatic rings. The van der Waals surface area contributed by atoms with Crippen molar-refractivity contribution in [1.82, 2.24) is 29.9 Å². The highest BCUT2D eigenvalue weighted by atomic mass is 16.5. The van der Waals surface area contributed by atoms with Crippen LogP contribution in [0, 0.1) is 0 Å². The SMILES string of the molecule is Cn1nnc2c(N3CCN(C(=O)[C@H]4CCCO4)CC3)ncnc21. The molecule has 0 aliphatic carbocycles. The van der Waals surface area contributed by atoms with E-state index in [9.17, 15) is 4.79 Å². The maximum atomic E-state index is 12.4. The van der Waals surface area contributed by atoms with Gasteiger partial charge in [-0.2, -0.15) is 0 Å². The number of piperazine rings is 1. The Balaban J connectivity index is 1.47. The molecule has 9 heteroatoms. The molecule has 122 valence electrons. The smallest absolute Gasteiger partial charge is 0.251 e. The third kappa shape index (κ3) is 2.50. The van der Waals surface area contributed by atoms with Crippen LogP contribution >= 0.6 is 0 Å². The van der Waals surface area contributed by atoms with Crippen molar-refractivity contribution in [2.45, 2.75) is 18.9 Å². The maximum Gasteiger partial charge on any atom is 0.251 e. The first-order chi connectivity index (χ1) is 11.2. The van der Waals surface area contributed by atoms with Gasteiger partial charge in [-0.05, 0) is 12.8 Å². The summed E-state index contributed by atoms with van der Waals surface area (Å²) >= 11 is 0. The molecular weight excluding hydrogens is 298 g/mol. The molecule has 4 rings (SSSR count). The number of fused-ring (bicyclic) bond motifs is 1. The first-order valence-electron chi connectivity index (χ1n) is 7.90. The van der Waals surface area contributed by atoms with Crippen LogP contribution in [0.2, 0.25) is 0 Å². The van der Waals surface area contributed by atoms with Crippen molar-refractivity contribution in [3.8, 4) is 0 Å². The van der Waals surface area contributed by atoms with Crippen molar-refractivity contribution in [2.75, 3.05) is 37.7 Å². The zero-order valence-corrected chi connectivity index (χ0v) is 13.1. The first kappa shape index (κ1) is 14.3. The maximum absolute atomic E-state index is 12.4. The van der Waals surface area contributed by atoms with Crippen LogP contribution in [-0.4, -0.2) is 74.7 Å². The highest BCUT2D eigenvalue weighted by Gasteiger charge is 2.31. The van der Waals surface area contributed by atoms with Crippen LogP contribution in [0.3, 0.4) is 0 Å². The van der Waals surface area contributed by atoms with Gasteiger partial charge in [0.2, 0.25) is 0 Å². The van der Waals surface area contributed by atoms with E-state index in [0.717, 1.165) is 31.7 Å². The van der Waals surface area contributed by atoms with Gasteiger partial charge in [-0.15, -0.1) is 5.10 Å². The lowest BCUT2D eigenvalue weighted by Crippen LogP contribution is -2.51. The molecular formula is C14H19N7O2. The zero-order valence-electron chi connectivity index (χ0n) is 13.1. The average Bonchev–Trinajstić information content (AvgIpc) is 3.25. The number of carbonyl (C=O) groups is 1. The van der Waals surface area contributed by atoms with Crippen LogP contribution in [0.15, 0.2) is 6.33 Å². The third-order valence-electron chi connectivity index (χ3n) is 4.47. The fraction of sp³-hybridized carbons (Fsp3) is 0.643. The van der Waals surface area contributed by atoms with E-state index in [1.807, 2.05) is 11.9 Å². The summed E-state index contributed by atoms with van der Waals surface area (Å²) in [5, 5.41) is 8.16. The van der Waals surface area contributed by atoms with Gasteiger partial charge in [0.05, 0.1) is 0 Å². The van der Waals surface area contributed by atoms with Gasteiger partial charge in [-0.25, -0.2) is 14.6 Å². The molecule has 0 spiro atoms. The van der Waals surface area contributed by atoms with Gasteiger partial charge in [0.15, 0.2) is 17.0 Å². The second kappa shape index (κ2) is 5.73. The molecule has 0 unspecified atom stereocenters. The van der Waals surface area contributed by atoms with Crippen LogP contribution in [0.4, 0.5) is 5.82 Å². The number of nitrogens with zero attached hydrogens (tertiary/aromatic N) is 7. The Hall–Kier alpha value is -2.29. The first-order valence-corrected chi connectivity index (χ1v) is 7.90. The quantitative estimate of drug-likeness (QED) is 0.743. The number of carbonyl (C=O) groups excluding carboxylic acids is 1. The number of rotatable bonds is 2. The average molecular weight is 317 g/mol. The van der Waals surface area contributed by atoms with Crippen LogP contribution in [-0.2, 0) is 16.6 Å². The molecule has 2 fully saturated rings. The molecule has 0 saturated carbocycles. The molecule has 0 bridgehead atoms. The van der Waals surface area contributed by atoms with Crippen molar-refractivity contribution in [3.63, 3.8) is 0 Å². The van der Waals surface area contributed by atoms with Crippen LogP contribution in [0.1, 0.15) is 12.8 Å². The second-order valence-electron chi connectivity index (χ2n) is 5.90. The van der Waals surface area contributed by atoms with E-state index >= 15 is 0 Å². The van der Waals surface area contributed by atoms with E-state index in [2.05, 4.69) is 25.2 Å². The molecule has 9 nitrogen and oxygen atoms in total. The Morgan fingerprint density at radius 2 is 2.09 bits per heavy atom. The summed E-state index contributed by atoms with van der Waals surface area (Å²) in [6.07, 6.45) is 3.10. The summed E-state index contributed by atoms with van der Waals surface area (Å²) in [6.45, 7) is 3.49. The Morgan fingerprint density at radius 1 is 1.26 bits per heavy atom. The molecule has 0 radical (unpaired) electrons. The summed E-state index contributed by atoms with van der Waals surface area (Å²) in [7, 11) is 1.81. The number of hydrogen-bond acceptors (Lipinski definition) is 7. The van der Waals surface area contributed by atoms with E-state index in [1.54, 1.807) is 4.68 Å². The fourth-order valence-electron chi connectivity index (χ4n) is 3.19. The molecule has 2 saturated heterocycles. The van der Waals surface area contributed by atoms with Gasteiger partial charge in [0.1, 0.15) is 12.4 Å². The standard InChI is InChI=1S/C14H19N7O2/c1-19-12-11(17-18-19)13(16-9-15-12)20-4-6-21(7-5-20)14(22)10-3-2-8-23-10/h9-10H,2-8H2,1H3/t10-/m1/s1. The molecule has 23 heavy (non-hydrogen) atoms. The lowest BCUT2D eigenvalue weighted by molar-refractivity contribution is -0.141. The van der Waals surface area contributed by atoms with Crippen molar-refractivity contribution in [1.29, 1.82) is 0 Å².